The molecule has 3 aromatic rings. The van der Waals surface area contributed by atoms with Crippen molar-refractivity contribution in [2.45, 2.75) is 26.3 Å². The van der Waals surface area contributed by atoms with Gasteiger partial charge in [-0.1, -0.05) is 29.3 Å². The van der Waals surface area contributed by atoms with E-state index in [0.717, 1.165) is 16.6 Å². The highest BCUT2D eigenvalue weighted by Crippen LogP contribution is 2.40. The van der Waals surface area contributed by atoms with Gasteiger partial charge < -0.3 is 9.32 Å². The Bertz CT molecular complexity index is 1220. The average molecular weight is 442 g/mol. The number of carbonyl (C=O) groups excluding carboxylic acids is 1. The molecule has 1 aliphatic heterocycles. The molecule has 2 aromatic carbocycles. The van der Waals surface area contributed by atoms with Crippen LogP contribution in [-0.2, 0) is 0 Å². The molecule has 0 spiro atoms. The van der Waals surface area contributed by atoms with Crippen LogP contribution < -0.4 is 10.3 Å². The molecule has 0 saturated carbocycles. The summed E-state index contributed by atoms with van der Waals surface area (Å²) in [6.07, 6.45) is 3.76. The highest BCUT2D eigenvalue weighted by atomic mass is 35.5. The highest BCUT2D eigenvalue weighted by molar-refractivity contribution is 6.33. The summed E-state index contributed by atoms with van der Waals surface area (Å²) in [6.45, 7) is 6.40. The van der Waals surface area contributed by atoms with Gasteiger partial charge in [0.15, 0.2) is 5.76 Å². The van der Waals surface area contributed by atoms with Gasteiger partial charge >= 0.3 is 5.91 Å². The zero-order chi connectivity index (χ0) is 21.6. The van der Waals surface area contributed by atoms with Crippen molar-refractivity contribution >= 4 is 57.6 Å². The minimum atomic E-state index is -0.454. The zero-order valence-electron chi connectivity index (χ0n) is 17.1. The summed E-state index contributed by atoms with van der Waals surface area (Å²) in [5.74, 6) is -0.297. The van der Waals surface area contributed by atoms with Crippen molar-refractivity contribution in [3.05, 3.63) is 69.4 Å². The number of halogens is 2. The van der Waals surface area contributed by atoms with Gasteiger partial charge in [0, 0.05) is 34.3 Å². The molecule has 154 valence electrons. The minimum absolute atomic E-state index is 0.0964. The molecule has 7 heteroatoms. The van der Waals surface area contributed by atoms with E-state index >= 15 is 0 Å². The first kappa shape index (κ1) is 20.5. The van der Waals surface area contributed by atoms with Gasteiger partial charge in [0.2, 0.25) is 0 Å². The smallest absolute Gasteiger partial charge is 0.307 e. The summed E-state index contributed by atoms with van der Waals surface area (Å²) in [7, 11) is 2.05. The van der Waals surface area contributed by atoms with Crippen LogP contribution in [0.2, 0.25) is 10.0 Å². The molecule has 0 bridgehead atoms. The van der Waals surface area contributed by atoms with Gasteiger partial charge in [-0.05, 0) is 62.7 Å². The Hall–Kier alpha value is -2.76. The van der Waals surface area contributed by atoms with Crippen LogP contribution in [0.5, 0.6) is 0 Å². The van der Waals surface area contributed by atoms with Crippen molar-refractivity contribution in [1.29, 1.82) is 0 Å². The Labute approximate surface area is 184 Å². The molecule has 0 saturated heterocycles. The number of anilines is 1. The third-order valence-electron chi connectivity index (χ3n) is 5.41. The lowest BCUT2D eigenvalue weighted by Crippen LogP contribution is -2.42. The van der Waals surface area contributed by atoms with Crippen LogP contribution in [-0.4, -0.2) is 24.7 Å². The Morgan fingerprint density at radius 3 is 2.73 bits per heavy atom. The molecule has 0 unspecified atom stereocenters. The van der Waals surface area contributed by atoms with Gasteiger partial charge in [0.25, 0.3) is 0 Å². The fourth-order valence-corrected chi connectivity index (χ4v) is 4.02. The Morgan fingerprint density at radius 2 is 1.97 bits per heavy atom. The Morgan fingerprint density at radius 1 is 1.20 bits per heavy atom. The van der Waals surface area contributed by atoms with Gasteiger partial charge in [0.05, 0.1) is 16.8 Å². The zero-order valence-corrected chi connectivity index (χ0v) is 18.6. The topological polar surface area (TPSA) is 57.8 Å². The van der Waals surface area contributed by atoms with Gasteiger partial charge in [0.1, 0.15) is 5.58 Å². The van der Waals surface area contributed by atoms with Crippen LogP contribution >= 0.6 is 23.2 Å². The summed E-state index contributed by atoms with van der Waals surface area (Å²) < 4.78 is 5.55. The molecule has 30 heavy (non-hydrogen) atoms. The number of nitrogens with zero attached hydrogens (tertiary/aromatic N) is 2. The summed E-state index contributed by atoms with van der Waals surface area (Å²) in [4.78, 5) is 14.6. The predicted molar refractivity (Wildman–Crippen MR) is 124 cm³/mol. The molecule has 5 nitrogen and oxygen atoms in total. The fourth-order valence-electron chi connectivity index (χ4n) is 3.63. The lowest BCUT2D eigenvalue weighted by molar-refractivity contribution is 0.0929. The number of hydrogen-bond donors (Lipinski definition) is 1. The Balaban J connectivity index is 1.55. The maximum atomic E-state index is 12.4. The minimum Gasteiger partial charge on any atom is -0.451 e. The molecular weight excluding hydrogens is 421 g/mol. The number of amides is 1. The highest BCUT2D eigenvalue weighted by Gasteiger charge is 2.29. The second-order valence-electron chi connectivity index (χ2n) is 7.92. The van der Waals surface area contributed by atoms with E-state index in [-0.39, 0.29) is 11.3 Å². The number of rotatable bonds is 3. The molecule has 2 heterocycles. The Kier molecular flexibility index (Phi) is 5.12. The summed E-state index contributed by atoms with van der Waals surface area (Å²) in [6, 6.07) is 10.7. The lowest BCUT2D eigenvalue weighted by atomic mass is 9.88. The number of benzene rings is 2. The second kappa shape index (κ2) is 7.49. The van der Waals surface area contributed by atoms with Gasteiger partial charge in [-0.2, -0.15) is 5.10 Å². The third-order valence-corrected chi connectivity index (χ3v) is 5.97. The van der Waals surface area contributed by atoms with Crippen LogP contribution in [0, 0.1) is 0 Å². The van der Waals surface area contributed by atoms with Crippen molar-refractivity contribution in [1.82, 2.24) is 5.43 Å². The van der Waals surface area contributed by atoms with E-state index in [9.17, 15) is 4.79 Å². The first-order valence-electron chi connectivity index (χ1n) is 9.45. The van der Waals surface area contributed by atoms with Crippen LogP contribution in [0.15, 0.2) is 52.0 Å². The van der Waals surface area contributed by atoms with E-state index in [0.29, 0.717) is 21.2 Å². The van der Waals surface area contributed by atoms with E-state index in [1.807, 2.05) is 19.2 Å². The first-order valence-corrected chi connectivity index (χ1v) is 10.2. The van der Waals surface area contributed by atoms with Crippen molar-refractivity contribution in [3.8, 4) is 0 Å². The molecule has 0 aliphatic carbocycles. The molecule has 1 amide bonds. The molecule has 1 N–H and O–H groups in total. The molecule has 1 aromatic heterocycles. The normalized spacial score (nSPS) is 15.4. The molecule has 0 radical (unpaired) electrons. The predicted octanol–water partition coefficient (Wildman–Crippen LogP) is 6.14. The number of likely N-dealkylation sites (N-methyl/N-ethyl adjacent to an activating group) is 1. The lowest BCUT2D eigenvalue weighted by Gasteiger charge is -2.40. The molecular formula is C23H21Cl2N3O2. The quantitative estimate of drug-likeness (QED) is 0.392. The van der Waals surface area contributed by atoms with E-state index in [1.54, 1.807) is 24.3 Å². The standard InChI is InChI=1S/C23H21Cl2N3O2/c1-13-11-23(2,3)28(4)19-10-18(25)15(8-17(13)19)12-26-27-22(29)21-9-14-7-16(24)5-6-20(14)30-21/h5-12H,1-4H3,(H,27,29)/b26-12-. The number of hydrazone groups is 1. The SMILES string of the molecule is CC1=CC(C)(C)N(C)c2cc(Cl)c(/C=N\NC(=O)c3cc4cc(Cl)ccc4o3)cc21. The van der Waals surface area contributed by atoms with Gasteiger partial charge in [-0.3, -0.25) is 4.79 Å². The van der Waals surface area contributed by atoms with Crippen molar-refractivity contribution < 1.29 is 9.21 Å². The van der Waals surface area contributed by atoms with E-state index < -0.39 is 5.91 Å². The van der Waals surface area contributed by atoms with E-state index in [2.05, 4.69) is 42.3 Å². The molecule has 0 atom stereocenters. The van der Waals surface area contributed by atoms with Crippen LogP contribution in [0.3, 0.4) is 0 Å². The number of carbonyl (C=O) groups is 1. The maximum absolute atomic E-state index is 12.4. The maximum Gasteiger partial charge on any atom is 0.307 e. The molecule has 4 rings (SSSR count). The third kappa shape index (κ3) is 3.71. The monoisotopic (exact) mass is 441 g/mol. The number of allylic oxidation sites excluding steroid dienone is 1. The van der Waals surface area contributed by atoms with Gasteiger partial charge in [-0.25, -0.2) is 5.43 Å². The van der Waals surface area contributed by atoms with Gasteiger partial charge in [-0.15, -0.1) is 0 Å². The first-order chi connectivity index (χ1) is 14.2. The van der Waals surface area contributed by atoms with E-state index in [1.165, 1.54) is 11.8 Å². The fraction of sp³-hybridized carbons (Fsp3) is 0.217. The molecule has 0 fully saturated rings. The summed E-state index contributed by atoms with van der Waals surface area (Å²) in [5.41, 5.74) is 7.01. The number of hydrogen-bond acceptors (Lipinski definition) is 4. The largest absolute Gasteiger partial charge is 0.451 e. The summed E-state index contributed by atoms with van der Waals surface area (Å²) in [5, 5.41) is 5.95. The van der Waals surface area contributed by atoms with Crippen LogP contribution in [0.4, 0.5) is 5.69 Å². The summed E-state index contributed by atoms with van der Waals surface area (Å²) >= 11 is 12.5. The number of nitrogens with one attached hydrogen (secondary N) is 1. The second-order valence-corrected chi connectivity index (χ2v) is 8.77. The number of furan rings is 1. The van der Waals surface area contributed by atoms with Crippen molar-refractivity contribution in [3.63, 3.8) is 0 Å². The molecule has 1 aliphatic rings. The average Bonchev–Trinajstić information content (AvgIpc) is 3.10. The van der Waals surface area contributed by atoms with Crippen molar-refractivity contribution in [2.75, 3.05) is 11.9 Å². The van der Waals surface area contributed by atoms with Crippen LogP contribution in [0.1, 0.15) is 42.5 Å². The van der Waals surface area contributed by atoms with Crippen LogP contribution in [0.25, 0.3) is 16.5 Å². The number of fused-ring (bicyclic) bond motifs is 2. The van der Waals surface area contributed by atoms with E-state index in [4.69, 9.17) is 27.6 Å². The van der Waals surface area contributed by atoms with Crippen molar-refractivity contribution in [2.24, 2.45) is 5.10 Å².